The second kappa shape index (κ2) is 14.6. The van der Waals surface area contributed by atoms with Gasteiger partial charge in [0.1, 0.15) is 5.76 Å². The molecule has 9 nitrogen and oxygen atoms in total. The van der Waals surface area contributed by atoms with E-state index in [0.29, 0.717) is 31.3 Å². The molecule has 5 rings (SSSR count). The first kappa shape index (κ1) is 30.7. The number of aromatic nitrogens is 2. The number of aryl methyl sites for hydroxylation is 1. The number of rotatable bonds is 16. The fourth-order valence-electron chi connectivity index (χ4n) is 5.30. The van der Waals surface area contributed by atoms with Crippen molar-refractivity contribution in [1.29, 1.82) is 0 Å². The lowest BCUT2D eigenvalue weighted by atomic mass is 10.1. The molecule has 4 aromatic rings. The molecule has 0 fully saturated rings. The van der Waals surface area contributed by atoms with Crippen molar-refractivity contribution in [2.75, 3.05) is 29.3 Å². The molecule has 3 N–H and O–H groups in total. The summed E-state index contributed by atoms with van der Waals surface area (Å²) in [4.78, 5) is 10.8. The Bertz CT molecular complexity index is 1560. The summed E-state index contributed by atoms with van der Waals surface area (Å²) in [5.41, 5.74) is 4.24. The standard InChI is InChI=1S/C33H41N5O4S/c1-2-3-4-5-6-9-29-23-36-33(42-29)38-20-17-26-21-30(14-15-31(26)38)43(40,41)37-28-12-10-25(11-13-28)16-19-35-24-32(39)27-8-7-18-34-22-27/h7-8,10-15,18,21-23,32,35,37,39H,2-6,9,16-17,19-20,24H2,1H3. The molecule has 43 heavy (non-hydrogen) atoms. The molecule has 0 saturated heterocycles. The van der Waals surface area contributed by atoms with E-state index in [-0.39, 0.29) is 4.90 Å². The lowest BCUT2D eigenvalue weighted by molar-refractivity contribution is 0.174. The van der Waals surface area contributed by atoms with Gasteiger partial charge in [0.05, 0.1) is 17.2 Å². The maximum Gasteiger partial charge on any atom is 0.302 e. The van der Waals surface area contributed by atoms with Crippen LogP contribution in [0.15, 0.2) is 82.5 Å². The number of anilines is 3. The van der Waals surface area contributed by atoms with Gasteiger partial charge < -0.3 is 14.8 Å². The summed E-state index contributed by atoms with van der Waals surface area (Å²) in [6.07, 6.45) is 12.9. The number of unbranched alkanes of at least 4 members (excludes halogenated alkanes) is 4. The highest BCUT2D eigenvalue weighted by atomic mass is 32.2. The fraction of sp³-hybridized carbons (Fsp3) is 0.394. The van der Waals surface area contributed by atoms with Crippen LogP contribution in [0.4, 0.5) is 17.4 Å². The zero-order chi connectivity index (χ0) is 30.1. The Labute approximate surface area is 254 Å². The van der Waals surface area contributed by atoms with E-state index in [2.05, 4.69) is 26.9 Å². The molecule has 228 valence electrons. The van der Waals surface area contributed by atoms with E-state index >= 15 is 0 Å². The first-order valence-electron chi connectivity index (χ1n) is 15.2. The summed E-state index contributed by atoms with van der Waals surface area (Å²) >= 11 is 0. The lowest BCUT2D eigenvalue weighted by Gasteiger charge is -2.15. The third-order valence-electron chi connectivity index (χ3n) is 7.76. The van der Waals surface area contributed by atoms with Crippen molar-refractivity contribution >= 4 is 27.4 Å². The molecule has 0 aliphatic carbocycles. The number of nitrogens with zero attached hydrogens (tertiary/aromatic N) is 3. The topological polar surface area (TPSA) is 121 Å². The van der Waals surface area contributed by atoms with E-state index in [1.807, 2.05) is 35.4 Å². The number of aliphatic hydroxyl groups excluding tert-OH is 1. The van der Waals surface area contributed by atoms with Crippen molar-refractivity contribution in [2.45, 2.75) is 69.3 Å². The Balaban J connectivity index is 1.12. The molecule has 2 aromatic heterocycles. The van der Waals surface area contributed by atoms with Crippen molar-refractivity contribution in [3.8, 4) is 0 Å². The summed E-state index contributed by atoms with van der Waals surface area (Å²) in [5.74, 6) is 0.894. The van der Waals surface area contributed by atoms with Gasteiger partial charge in [0.2, 0.25) is 0 Å². The number of hydrogen-bond acceptors (Lipinski definition) is 8. The minimum Gasteiger partial charge on any atom is -0.428 e. The molecule has 2 aromatic carbocycles. The predicted octanol–water partition coefficient (Wildman–Crippen LogP) is 5.94. The molecule has 0 radical (unpaired) electrons. The van der Waals surface area contributed by atoms with Gasteiger partial charge in [-0.05, 0) is 73.3 Å². The van der Waals surface area contributed by atoms with E-state index in [9.17, 15) is 13.5 Å². The zero-order valence-electron chi connectivity index (χ0n) is 24.7. The molecule has 1 aliphatic rings. The minimum absolute atomic E-state index is 0.230. The summed E-state index contributed by atoms with van der Waals surface area (Å²) in [5, 5.41) is 13.5. The number of sulfonamides is 1. The molecule has 0 bridgehead atoms. The molecular formula is C33H41N5O4S. The SMILES string of the molecule is CCCCCCCc1cnc(N2CCc3cc(S(=O)(=O)Nc4ccc(CCNCC(O)c5cccnc5)cc4)ccc32)o1. The Morgan fingerprint density at radius 2 is 1.86 bits per heavy atom. The third kappa shape index (κ3) is 8.22. The van der Waals surface area contributed by atoms with Crippen LogP contribution in [-0.4, -0.2) is 43.1 Å². The Morgan fingerprint density at radius 1 is 1.02 bits per heavy atom. The highest BCUT2D eigenvalue weighted by Crippen LogP contribution is 2.36. The van der Waals surface area contributed by atoms with E-state index < -0.39 is 16.1 Å². The van der Waals surface area contributed by atoms with Crippen LogP contribution in [0, 0.1) is 0 Å². The Kier molecular flexibility index (Phi) is 10.5. The van der Waals surface area contributed by atoms with Crippen molar-refractivity contribution in [2.24, 2.45) is 0 Å². The quantitative estimate of drug-likeness (QED) is 0.135. The second-order valence-electron chi connectivity index (χ2n) is 11.0. The van der Waals surface area contributed by atoms with Crippen molar-refractivity contribution in [1.82, 2.24) is 15.3 Å². The number of pyridine rings is 1. The first-order valence-corrected chi connectivity index (χ1v) is 16.7. The molecule has 0 amide bonds. The largest absolute Gasteiger partial charge is 0.428 e. The molecule has 10 heteroatoms. The van der Waals surface area contributed by atoms with Crippen molar-refractivity contribution in [3.05, 3.63) is 95.6 Å². The van der Waals surface area contributed by atoms with Crippen LogP contribution < -0.4 is 14.9 Å². The van der Waals surface area contributed by atoms with E-state index in [0.717, 1.165) is 53.8 Å². The van der Waals surface area contributed by atoms with Gasteiger partial charge in [-0.2, -0.15) is 0 Å². The average molecular weight is 604 g/mol. The normalized spacial score (nSPS) is 13.7. The van der Waals surface area contributed by atoms with E-state index in [4.69, 9.17) is 4.42 Å². The highest BCUT2D eigenvalue weighted by molar-refractivity contribution is 7.92. The molecule has 0 spiro atoms. The predicted molar refractivity (Wildman–Crippen MR) is 169 cm³/mol. The molecule has 1 unspecified atom stereocenters. The van der Waals surface area contributed by atoms with Crippen LogP contribution in [0.3, 0.4) is 0 Å². The third-order valence-corrected chi connectivity index (χ3v) is 9.14. The summed E-state index contributed by atoms with van der Waals surface area (Å²) in [6, 6.07) is 16.8. The summed E-state index contributed by atoms with van der Waals surface area (Å²) in [6.45, 7) is 4.02. The van der Waals surface area contributed by atoms with Crippen LogP contribution >= 0.6 is 0 Å². The van der Waals surface area contributed by atoms with Crippen LogP contribution in [0.25, 0.3) is 0 Å². The molecule has 1 atom stereocenters. The molecular weight excluding hydrogens is 562 g/mol. The van der Waals surface area contributed by atoms with Gasteiger partial charge in [-0.1, -0.05) is 50.8 Å². The number of hydrogen-bond donors (Lipinski definition) is 3. The Hall–Kier alpha value is -3.73. The fourth-order valence-corrected chi connectivity index (χ4v) is 6.41. The minimum atomic E-state index is -3.75. The van der Waals surface area contributed by atoms with Gasteiger partial charge in [-0.15, -0.1) is 0 Å². The van der Waals surface area contributed by atoms with Gasteiger partial charge in [0.25, 0.3) is 10.0 Å². The maximum atomic E-state index is 13.2. The van der Waals surface area contributed by atoms with Crippen LogP contribution in [0.1, 0.15) is 67.6 Å². The lowest BCUT2D eigenvalue weighted by Crippen LogP contribution is -2.23. The van der Waals surface area contributed by atoms with Gasteiger partial charge in [-0.3, -0.25) is 14.6 Å². The molecule has 0 saturated carbocycles. The summed E-state index contributed by atoms with van der Waals surface area (Å²) < 4.78 is 35.2. The van der Waals surface area contributed by atoms with Gasteiger partial charge in [0.15, 0.2) is 0 Å². The molecule has 3 heterocycles. The Morgan fingerprint density at radius 3 is 2.65 bits per heavy atom. The number of oxazole rings is 1. The van der Waals surface area contributed by atoms with Crippen LogP contribution in [0.2, 0.25) is 0 Å². The molecule has 1 aliphatic heterocycles. The average Bonchev–Trinajstić information content (AvgIpc) is 3.67. The number of benzene rings is 2. The smallest absolute Gasteiger partial charge is 0.302 e. The monoisotopic (exact) mass is 603 g/mol. The first-order chi connectivity index (χ1) is 20.9. The number of aliphatic hydroxyl groups is 1. The number of nitrogens with one attached hydrogen (secondary N) is 2. The van der Waals surface area contributed by atoms with Crippen LogP contribution in [0.5, 0.6) is 0 Å². The highest BCUT2D eigenvalue weighted by Gasteiger charge is 2.26. The van der Waals surface area contributed by atoms with Gasteiger partial charge in [-0.25, -0.2) is 13.4 Å². The van der Waals surface area contributed by atoms with Gasteiger partial charge >= 0.3 is 6.01 Å². The summed E-state index contributed by atoms with van der Waals surface area (Å²) in [7, 11) is -3.75. The second-order valence-corrected chi connectivity index (χ2v) is 12.7. The maximum absolute atomic E-state index is 13.2. The van der Waals surface area contributed by atoms with E-state index in [1.165, 1.54) is 25.7 Å². The van der Waals surface area contributed by atoms with E-state index in [1.54, 1.807) is 42.7 Å². The van der Waals surface area contributed by atoms with Crippen molar-refractivity contribution in [3.63, 3.8) is 0 Å². The number of fused-ring (bicyclic) bond motifs is 1. The van der Waals surface area contributed by atoms with Crippen molar-refractivity contribution < 1.29 is 17.9 Å². The zero-order valence-corrected chi connectivity index (χ0v) is 25.5. The van der Waals surface area contributed by atoms with Crippen LogP contribution in [-0.2, 0) is 29.3 Å². The van der Waals surface area contributed by atoms with Gasteiger partial charge in [0, 0.05) is 48.8 Å².